The molecule has 0 spiro atoms. The molecule has 72 valence electrons. The Morgan fingerprint density at radius 3 is 3.21 bits per heavy atom. The van der Waals surface area contributed by atoms with Crippen LogP contribution in [0.5, 0.6) is 0 Å². The van der Waals surface area contributed by atoms with E-state index >= 15 is 0 Å². The number of fused-ring (bicyclic) bond motifs is 1. The Balaban J connectivity index is 2.50. The molecule has 14 heavy (non-hydrogen) atoms. The lowest BCUT2D eigenvalue weighted by Gasteiger charge is -2.02. The molecule has 2 rings (SSSR count). The molecule has 1 N–H and O–H groups in total. The van der Waals surface area contributed by atoms with E-state index < -0.39 is 0 Å². The van der Waals surface area contributed by atoms with Crippen molar-refractivity contribution in [1.29, 1.82) is 0 Å². The van der Waals surface area contributed by atoms with Gasteiger partial charge in [-0.2, -0.15) is 0 Å². The van der Waals surface area contributed by atoms with E-state index in [0.717, 1.165) is 11.3 Å². The van der Waals surface area contributed by atoms with Gasteiger partial charge in [0.1, 0.15) is 11.5 Å². The highest BCUT2D eigenvalue weighted by molar-refractivity contribution is 5.96. The number of amides is 1. The average Bonchev–Trinajstić information content (AvgIpc) is 2.39. The van der Waals surface area contributed by atoms with Gasteiger partial charge in [0.05, 0.1) is 13.7 Å². The lowest BCUT2D eigenvalue weighted by atomic mass is 10.2. The molecule has 1 aromatic rings. The van der Waals surface area contributed by atoms with Gasteiger partial charge in [-0.1, -0.05) is 6.07 Å². The molecule has 0 radical (unpaired) electrons. The second-order valence-electron chi connectivity index (χ2n) is 2.94. The number of carbonyl (C=O) groups is 1. The van der Waals surface area contributed by atoms with E-state index in [0.29, 0.717) is 12.2 Å². The van der Waals surface area contributed by atoms with Gasteiger partial charge in [0.2, 0.25) is 0 Å². The maximum absolute atomic E-state index is 11.5. The van der Waals surface area contributed by atoms with E-state index in [9.17, 15) is 4.79 Å². The van der Waals surface area contributed by atoms with Crippen LogP contribution in [0.2, 0.25) is 0 Å². The summed E-state index contributed by atoms with van der Waals surface area (Å²) in [4.78, 5) is 15.5. The van der Waals surface area contributed by atoms with Crippen LogP contribution in [0.4, 0.5) is 0 Å². The van der Waals surface area contributed by atoms with Crippen molar-refractivity contribution in [2.24, 2.45) is 0 Å². The van der Waals surface area contributed by atoms with E-state index in [4.69, 9.17) is 4.74 Å². The summed E-state index contributed by atoms with van der Waals surface area (Å²) < 4.78 is 5.09. The summed E-state index contributed by atoms with van der Waals surface area (Å²) >= 11 is 0. The molecule has 0 fully saturated rings. The molecule has 0 unspecified atom stereocenters. The molecular formula is C10H10N2O2. The monoisotopic (exact) mass is 190 g/mol. The number of pyridine rings is 1. The number of ether oxygens (including phenoxy) is 1. The summed E-state index contributed by atoms with van der Waals surface area (Å²) in [5.74, 6) is 0.564. The van der Waals surface area contributed by atoms with E-state index in [2.05, 4.69) is 10.3 Å². The van der Waals surface area contributed by atoms with Crippen molar-refractivity contribution in [3.05, 3.63) is 35.3 Å². The smallest absolute Gasteiger partial charge is 0.270 e. The summed E-state index contributed by atoms with van der Waals surface area (Å²) in [6, 6.07) is 3.63. The highest BCUT2D eigenvalue weighted by Crippen LogP contribution is 2.13. The molecule has 1 aromatic heterocycles. The van der Waals surface area contributed by atoms with Crippen LogP contribution < -0.4 is 5.32 Å². The Hall–Kier alpha value is -1.84. The minimum absolute atomic E-state index is 0.163. The highest BCUT2D eigenvalue weighted by atomic mass is 16.5. The molecule has 0 bridgehead atoms. The van der Waals surface area contributed by atoms with Gasteiger partial charge in [-0.05, 0) is 12.1 Å². The van der Waals surface area contributed by atoms with Crippen molar-refractivity contribution in [2.45, 2.75) is 0 Å². The fourth-order valence-electron chi connectivity index (χ4n) is 1.33. The van der Waals surface area contributed by atoms with Gasteiger partial charge in [0.15, 0.2) is 0 Å². The summed E-state index contributed by atoms with van der Waals surface area (Å²) in [6.07, 6.45) is 3.42. The second kappa shape index (κ2) is 3.49. The number of hydrogen-bond acceptors (Lipinski definition) is 3. The third-order valence-electron chi connectivity index (χ3n) is 2.06. The number of nitrogens with zero attached hydrogens (tertiary/aromatic N) is 1. The Morgan fingerprint density at radius 1 is 1.57 bits per heavy atom. The minimum atomic E-state index is -0.163. The number of aromatic nitrogens is 1. The first-order valence-electron chi connectivity index (χ1n) is 4.29. The molecule has 0 aliphatic carbocycles. The minimum Gasteiger partial charge on any atom is -0.499 e. The maximum atomic E-state index is 11.5. The maximum Gasteiger partial charge on any atom is 0.270 e. The second-order valence-corrected chi connectivity index (χ2v) is 2.94. The first-order chi connectivity index (χ1) is 6.81. The molecule has 0 saturated heterocycles. The lowest BCUT2D eigenvalue weighted by Crippen LogP contribution is -2.25. The quantitative estimate of drug-likeness (QED) is 0.713. The molecule has 0 saturated carbocycles. The Morgan fingerprint density at radius 2 is 2.43 bits per heavy atom. The molecule has 1 aliphatic heterocycles. The average molecular weight is 190 g/mol. The number of methoxy groups -OCH3 is 1. The number of rotatable bonds is 1. The molecule has 4 heteroatoms. The van der Waals surface area contributed by atoms with Crippen LogP contribution in [0.15, 0.2) is 24.1 Å². The van der Waals surface area contributed by atoms with E-state index in [1.807, 2.05) is 12.1 Å². The Kier molecular flexibility index (Phi) is 2.18. The predicted molar refractivity (Wildman–Crippen MR) is 51.6 cm³/mol. The third-order valence-corrected chi connectivity index (χ3v) is 2.06. The highest BCUT2D eigenvalue weighted by Gasteiger charge is 2.15. The molecule has 2 heterocycles. The zero-order chi connectivity index (χ0) is 9.97. The normalized spacial score (nSPS) is 14.9. The lowest BCUT2D eigenvalue weighted by molar-refractivity contribution is 0.0947. The van der Waals surface area contributed by atoms with Gasteiger partial charge in [-0.25, -0.2) is 0 Å². The van der Waals surface area contributed by atoms with Gasteiger partial charge < -0.3 is 10.1 Å². The fourth-order valence-corrected chi connectivity index (χ4v) is 1.33. The van der Waals surface area contributed by atoms with Crippen LogP contribution in [0.3, 0.4) is 0 Å². The first kappa shape index (κ1) is 8.74. The van der Waals surface area contributed by atoms with Crippen LogP contribution in [0.1, 0.15) is 16.1 Å². The Bertz CT molecular complexity index is 399. The van der Waals surface area contributed by atoms with Crippen LogP contribution >= 0.6 is 0 Å². The number of carbonyl (C=O) groups excluding carboxylic acids is 1. The van der Waals surface area contributed by atoms with Crippen LogP contribution in [-0.2, 0) is 4.74 Å². The van der Waals surface area contributed by atoms with Crippen molar-refractivity contribution >= 4 is 12.0 Å². The van der Waals surface area contributed by atoms with Crippen molar-refractivity contribution in [1.82, 2.24) is 10.3 Å². The molecular weight excluding hydrogens is 180 g/mol. The van der Waals surface area contributed by atoms with Gasteiger partial charge in [0, 0.05) is 11.8 Å². The largest absolute Gasteiger partial charge is 0.499 e. The summed E-state index contributed by atoms with van der Waals surface area (Å²) in [5.41, 5.74) is 1.24. The van der Waals surface area contributed by atoms with Gasteiger partial charge in [0.25, 0.3) is 5.91 Å². The van der Waals surface area contributed by atoms with Gasteiger partial charge >= 0.3 is 0 Å². The summed E-state index contributed by atoms with van der Waals surface area (Å²) in [6.45, 7) is 0.408. The number of nitrogens with one attached hydrogen (secondary N) is 1. The van der Waals surface area contributed by atoms with E-state index in [1.54, 1.807) is 19.4 Å². The molecule has 4 nitrogen and oxygen atoms in total. The number of hydrogen-bond donors (Lipinski definition) is 1. The molecule has 1 aliphatic rings. The van der Waals surface area contributed by atoms with Crippen LogP contribution in [-0.4, -0.2) is 24.5 Å². The topological polar surface area (TPSA) is 51.2 Å². The third kappa shape index (κ3) is 1.46. The van der Waals surface area contributed by atoms with Crippen molar-refractivity contribution in [3.8, 4) is 0 Å². The van der Waals surface area contributed by atoms with Crippen molar-refractivity contribution in [2.75, 3.05) is 13.7 Å². The Labute approximate surface area is 81.6 Å². The SMILES string of the molecule is COC1=Cc2cccnc2C(=O)NC1. The zero-order valence-corrected chi connectivity index (χ0v) is 7.78. The zero-order valence-electron chi connectivity index (χ0n) is 7.78. The van der Waals surface area contributed by atoms with Crippen LogP contribution in [0.25, 0.3) is 6.08 Å². The van der Waals surface area contributed by atoms with E-state index in [-0.39, 0.29) is 5.91 Å². The standard InChI is InChI=1S/C10H10N2O2/c1-14-8-5-7-3-2-4-11-9(7)10(13)12-6-8/h2-5H,6H2,1H3,(H,12,13). The van der Waals surface area contributed by atoms with E-state index in [1.165, 1.54) is 0 Å². The first-order valence-corrected chi connectivity index (χ1v) is 4.29. The van der Waals surface area contributed by atoms with Gasteiger partial charge in [-0.15, -0.1) is 0 Å². The molecule has 0 aromatic carbocycles. The summed E-state index contributed by atoms with van der Waals surface area (Å²) in [5, 5.41) is 2.71. The van der Waals surface area contributed by atoms with Crippen molar-refractivity contribution < 1.29 is 9.53 Å². The molecule has 0 atom stereocenters. The molecule has 1 amide bonds. The van der Waals surface area contributed by atoms with Gasteiger partial charge in [-0.3, -0.25) is 9.78 Å². The summed E-state index contributed by atoms with van der Waals surface area (Å²) in [7, 11) is 1.58. The van der Waals surface area contributed by atoms with Crippen LogP contribution in [0, 0.1) is 0 Å². The van der Waals surface area contributed by atoms with Crippen molar-refractivity contribution in [3.63, 3.8) is 0 Å². The fraction of sp³-hybridized carbons (Fsp3) is 0.200. The predicted octanol–water partition coefficient (Wildman–Crippen LogP) is 0.812.